The summed E-state index contributed by atoms with van der Waals surface area (Å²) in [7, 11) is -3.58. The van der Waals surface area contributed by atoms with E-state index in [9.17, 15) is 12.8 Å². The molecule has 0 aromatic heterocycles. The van der Waals surface area contributed by atoms with Gasteiger partial charge in [-0.2, -0.15) is 0 Å². The Labute approximate surface area is 105 Å². The lowest BCUT2D eigenvalue weighted by atomic mass is 10.3. The molecule has 0 saturated heterocycles. The first-order chi connectivity index (χ1) is 7.99. The largest absolute Gasteiger partial charge is 0.240 e. The summed E-state index contributed by atoms with van der Waals surface area (Å²) in [6.45, 7) is 0. The van der Waals surface area contributed by atoms with Gasteiger partial charge in [-0.3, -0.25) is 0 Å². The van der Waals surface area contributed by atoms with Gasteiger partial charge in [0.15, 0.2) is 0 Å². The van der Waals surface area contributed by atoms with Crippen molar-refractivity contribution in [2.45, 2.75) is 36.6 Å². The van der Waals surface area contributed by atoms with Crippen molar-refractivity contribution in [1.29, 1.82) is 0 Å². The highest BCUT2D eigenvalue weighted by atomic mass is 35.5. The summed E-state index contributed by atoms with van der Waals surface area (Å²) < 4.78 is 39.5. The minimum absolute atomic E-state index is 0.0100. The Balaban J connectivity index is 2.21. The second-order valence-electron chi connectivity index (χ2n) is 4.18. The van der Waals surface area contributed by atoms with Gasteiger partial charge in [0.2, 0.25) is 10.0 Å². The Morgan fingerprint density at radius 3 is 2.53 bits per heavy atom. The molecule has 1 saturated carbocycles. The minimum Gasteiger partial charge on any atom is -0.208 e. The van der Waals surface area contributed by atoms with Crippen LogP contribution in [0.3, 0.4) is 0 Å². The monoisotopic (exact) mass is 277 g/mol. The fourth-order valence-electron chi connectivity index (χ4n) is 1.98. The molecule has 0 aliphatic heterocycles. The minimum atomic E-state index is -3.58. The topological polar surface area (TPSA) is 46.2 Å². The molecule has 2 rings (SSSR count). The van der Waals surface area contributed by atoms with Crippen LogP contribution in [0.5, 0.6) is 0 Å². The summed E-state index contributed by atoms with van der Waals surface area (Å²) >= 11 is 5.57. The molecule has 94 valence electrons. The lowest BCUT2D eigenvalue weighted by Gasteiger charge is -2.12. The third-order valence-electron chi connectivity index (χ3n) is 2.88. The Kier molecular flexibility index (Phi) is 3.70. The fourth-order valence-corrected chi connectivity index (χ4v) is 3.55. The smallest absolute Gasteiger partial charge is 0.208 e. The van der Waals surface area contributed by atoms with Crippen molar-refractivity contribution in [3.05, 3.63) is 29.0 Å². The van der Waals surface area contributed by atoms with E-state index in [0.29, 0.717) is 0 Å². The average Bonchev–Trinajstić information content (AvgIpc) is 2.73. The van der Waals surface area contributed by atoms with Crippen molar-refractivity contribution in [2.75, 3.05) is 0 Å². The molecule has 1 aliphatic carbocycles. The van der Waals surface area contributed by atoms with E-state index in [-0.39, 0.29) is 16.0 Å². The number of halogens is 2. The highest BCUT2D eigenvalue weighted by Gasteiger charge is 2.23. The SMILES string of the molecule is O=S(=O)(NC1CCCC1)c1ccc(F)c(Cl)c1. The van der Waals surface area contributed by atoms with Crippen LogP contribution in [0.4, 0.5) is 4.39 Å². The summed E-state index contributed by atoms with van der Waals surface area (Å²) in [4.78, 5) is 0.0100. The van der Waals surface area contributed by atoms with Crippen molar-refractivity contribution in [2.24, 2.45) is 0 Å². The van der Waals surface area contributed by atoms with E-state index in [4.69, 9.17) is 11.6 Å². The molecule has 0 atom stereocenters. The molecule has 1 N–H and O–H groups in total. The van der Waals surface area contributed by atoms with Crippen molar-refractivity contribution < 1.29 is 12.8 Å². The summed E-state index contributed by atoms with van der Waals surface area (Å²) in [5.74, 6) is -0.619. The van der Waals surface area contributed by atoms with Crippen LogP contribution < -0.4 is 4.72 Å². The van der Waals surface area contributed by atoms with Gasteiger partial charge in [0.05, 0.1) is 9.92 Å². The van der Waals surface area contributed by atoms with Crippen molar-refractivity contribution in [3.63, 3.8) is 0 Å². The van der Waals surface area contributed by atoms with Crippen LogP contribution in [-0.2, 0) is 10.0 Å². The maximum Gasteiger partial charge on any atom is 0.240 e. The second kappa shape index (κ2) is 4.92. The predicted molar refractivity (Wildman–Crippen MR) is 64.0 cm³/mol. The van der Waals surface area contributed by atoms with E-state index in [1.807, 2.05) is 0 Å². The molecule has 1 fully saturated rings. The van der Waals surface area contributed by atoms with Crippen LogP contribution >= 0.6 is 11.6 Å². The van der Waals surface area contributed by atoms with Crippen molar-refractivity contribution in [3.8, 4) is 0 Å². The van der Waals surface area contributed by atoms with Gasteiger partial charge >= 0.3 is 0 Å². The number of sulfonamides is 1. The van der Waals surface area contributed by atoms with Gasteiger partial charge < -0.3 is 0 Å². The molecule has 1 aromatic rings. The first-order valence-corrected chi connectivity index (χ1v) is 7.32. The quantitative estimate of drug-likeness (QED) is 0.923. The van der Waals surface area contributed by atoms with E-state index >= 15 is 0 Å². The van der Waals surface area contributed by atoms with E-state index in [2.05, 4.69) is 4.72 Å². The van der Waals surface area contributed by atoms with Crippen molar-refractivity contribution >= 4 is 21.6 Å². The maximum atomic E-state index is 12.9. The Hall–Kier alpha value is -0.650. The maximum absolute atomic E-state index is 12.9. The Morgan fingerprint density at radius 1 is 1.29 bits per heavy atom. The number of nitrogens with one attached hydrogen (secondary N) is 1. The molecule has 0 unspecified atom stereocenters. The van der Waals surface area contributed by atoms with Gasteiger partial charge in [0.1, 0.15) is 5.82 Å². The second-order valence-corrected chi connectivity index (χ2v) is 6.30. The molecule has 0 amide bonds. The number of hydrogen-bond acceptors (Lipinski definition) is 2. The first kappa shape index (κ1) is 12.8. The molecule has 1 aromatic carbocycles. The number of hydrogen-bond donors (Lipinski definition) is 1. The summed E-state index contributed by atoms with van der Waals surface area (Å²) in [5, 5.41) is -0.181. The summed E-state index contributed by atoms with van der Waals surface area (Å²) in [6.07, 6.45) is 3.79. The Morgan fingerprint density at radius 2 is 1.94 bits per heavy atom. The molecule has 0 heterocycles. The van der Waals surface area contributed by atoms with Crippen LogP contribution in [0.15, 0.2) is 23.1 Å². The van der Waals surface area contributed by atoms with Crippen LogP contribution in [0, 0.1) is 5.82 Å². The molecule has 3 nitrogen and oxygen atoms in total. The van der Waals surface area contributed by atoms with Crippen LogP contribution in [0.2, 0.25) is 5.02 Å². The molecule has 0 bridgehead atoms. The highest BCUT2D eigenvalue weighted by molar-refractivity contribution is 7.89. The van der Waals surface area contributed by atoms with Gasteiger partial charge in [-0.15, -0.1) is 0 Å². The van der Waals surface area contributed by atoms with Crippen LogP contribution in [-0.4, -0.2) is 14.5 Å². The molecule has 1 aliphatic rings. The average molecular weight is 278 g/mol. The van der Waals surface area contributed by atoms with Gasteiger partial charge in [-0.1, -0.05) is 24.4 Å². The standard InChI is InChI=1S/C11H13ClFNO2S/c12-10-7-9(5-6-11(10)13)17(15,16)14-8-3-1-2-4-8/h5-8,14H,1-4H2. The zero-order chi connectivity index (χ0) is 12.5. The fraction of sp³-hybridized carbons (Fsp3) is 0.455. The van der Waals surface area contributed by atoms with E-state index in [1.54, 1.807) is 0 Å². The van der Waals surface area contributed by atoms with E-state index in [0.717, 1.165) is 37.8 Å². The molecule has 6 heteroatoms. The lowest BCUT2D eigenvalue weighted by Crippen LogP contribution is -2.32. The third kappa shape index (κ3) is 2.97. The molecule has 0 radical (unpaired) electrons. The van der Waals surface area contributed by atoms with Gasteiger partial charge in [-0.25, -0.2) is 17.5 Å². The van der Waals surface area contributed by atoms with E-state index in [1.165, 1.54) is 6.07 Å². The Bertz CT molecular complexity index is 512. The predicted octanol–water partition coefficient (Wildman–Crippen LogP) is 2.70. The first-order valence-electron chi connectivity index (χ1n) is 5.46. The molecule has 17 heavy (non-hydrogen) atoms. The third-order valence-corrected chi connectivity index (χ3v) is 4.69. The molecule has 0 spiro atoms. The van der Waals surface area contributed by atoms with Gasteiger partial charge in [-0.05, 0) is 31.0 Å². The van der Waals surface area contributed by atoms with Crippen LogP contribution in [0.25, 0.3) is 0 Å². The zero-order valence-electron chi connectivity index (χ0n) is 9.12. The van der Waals surface area contributed by atoms with Gasteiger partial charge in [0, 0.05) is 6.04 Å². The lowest BCUT2D eigenvalue weighted by molar-refractivity contribution is 0.552. The van der Waals surface area contributed by atoms with Gasteiger partial charge in [0.25, 0.3) is 0 Å². The molecular formula is C11H13ClFNO2S. The normalized spacial score (nSPS) is 17.5. The summed E-state index contributed by atoms with van der Waals surface area (Å²) in [6, 6.07) is 3.40. The number of benzene rings is 1. The highest BCUT2D eigenvalue weighted by Crippen LogP contribution is 2.22. The summed E-state index contributed by atoms with van der Waals surface area (Å²) in [5.41, 5.74) is 0. The van der Waals surface area contributed by atoms with E-state index < -0.39 is 15.8 Å². The molecular weight excluding hydrogens is 265 g/mol. The zero-order valence-corrected chi connectivity index (χ0v) is 10.7. The number of rotatable bonds is 3. The van der Waals surface area contributed by atoms with Crippen LogP contribution in [0.1, 0.15) is 25.7 Å². The van der Waals surface area contributed by atoms with Crippen molar-refractivity contribution in [1.82, 2.24) is 4.72 Å².